The molecule has 1 aromatic carbocycles. The van der Waals surface area contributed by atoms with Gasteiger partial charge in [-0.15, -0.1) is 0 Å². The van der Waals surface area contributed by atoms with Crippen molar-refractivity contribution in [3.05, 3.63) is 29.8 Å². The quantitative estimate of drug-likeness (QED) is 0.900. The van der Waals surface area contributed by atoms with E-state index in [1.54, 1.807) is 7.11 Å². The van der Waals surface area contributed by atoms with Crippen molar-refractivity contribution in [2.75, 3.05) is 20.2 Å². The fraction of sp³-hybridized carbons (Fsp3) is 0.667. The molecule has 0 aromatic heterocycles. The van der Waals surface area contributed by atoms with Gasteiger partial charge in [0.15, 0.2) is 0 Å². The van der Waals surface area contributed by atoms with Gasteiger partial charge in [0.1, 0.15) is 5.75 Å². The lowest BCUT2D eigenvalue weighted by molar-refractivity contribution is 0.177. The second-order valence-corrected chi connectivity index (χ2v) is 6.29. The summed E-state index contributed by atoms with van der Waals surface area (Å²) in [4.78, 5) is 2.57. The third-order valence-corrected chi connectivity index (χ3v) is 4.81. The van der Waals surface area contributed by atoms with Gasteiger partial charge in [-0.25, -0.2) is 0 Å². The molecule has 118 valence electrons. The van der Waals surface area contributed by atoms with Crippen LogP contribution >= 0.6 is 0 Å². The molecule has 0 spiro atoms. The van der Waals surface area contributed by atoms with Gasteiger partial charge in [0.05, 0.1) is 13.2 Å². The van der Waals surface area contributed by atoms with E-state index in [1.165, 1.54) is 31.2 Å². The number of hydrogen-bond donors (Lipinski definition) is 1. The van der Waals surface area contributed by atoms with E-state index in [1.807, 2.05) is 12.1 Å². The number of rotatable bonds is 5. The van der Waals surface area contributed by atoms with Gasteiger partial charge in [-0.3, -0.25) is 4.90 Å². The summed E-state index contributed by atoms with van der Waals surface area (Å²) < 4.78 is 5.56. The van der Waals surface area contributed by atoms with Crippen LogP contribution in [0.2, 0.25) is 0 Å². The van der Waals surface area contributed by atoms with Crippen LogP contribution in [0, 0.1) is 5.92 Å². The van der Waals surface area contributed by atoms with Crippen LogP contribution in [0.1, 0.15) is 51.1 Å². The highest BCUT2D eigenvalue weighted by Gasteiger charge is 2.28. The van der Waals surface area contributed by atoms with Gasteiger partial charge in [0.2, 0.25) is 0 Å². The molecule has 0 saturated carbocycles. The number of methoxy groups -OCH3 is 1. The minimum atomic E-state index is 0.0967. The Morgan fingerprint density at radius 2 is 2.05 bits per heavy atom. The number of para-hydroxylation sites is 1. The number of nitrogens with zero attached hydrogens (tertiary/aromatic N) is 1. The number of likely N-dealkylation sites (tertiary alicyclic amines) is 1. The first-order valence-electron chi connectivity index (χ1n) is 8.29. The Balaban J connectivity index is 2.22. The SMILES string of the molecule is CCC1CCCN(C(c2ccccc2OC)C(C)N)CC1. The molecule has 0 amide bonds. The normalized spacial score (nSPS) is 23.3. The monoisotopic (exact) mass is 290 g/mol. The molecule has 0 radical (unpaired) electrons. The molecule has 0 aliphatic carbocycles. The number of ether oxygens (including phenoxy) is 1. The molecule has 2 N–H and O–H groups in total. The largest absolute Gasteiger partial charge is 0.496 e. The fourth-order valence-corrected chi connectivity index (χ4v) is 3.60. The van der Waals surface area contributed by atoms with E-state index in [-0.39, 0.29) is 12.1 Å². The van der Waals surface area contributed by atoms with Crippen LogP contribution in [0.25, 0.3) is 0 Å². The van der Waals surface area contributed by atoms with E-state index in [0.717, 1.165) is 24.8 Å². The summed E-state index contributed by atoms with van der Waals surface area (Å²) >= 11 is 0. The maximum Gasteiger partial charge on any atom is 0.123 e. The first-order valence-corrected chi connectivity index (χ1v) is 8.29. The molecule has 21 heavy (non-hydrogen) atoms. The molecular weight excluding hydrogens is 260 g/mol. The van der Waals surface area contributed by atoms with Crippen molar-refractivity contribution in [1.82, 2.24) is 4.90 Å². The lowest BCUT2D eigenvalue weighted by Gasteiger charge is -2.34. The summed E-state index contributed by atoms with van der Waals surface area (Å²) in [6, 6.07) is 8.65. The predicted octanol–water partition coefficient (Wildman–Crippen LogP) is 3.60. The molecule has 1 fully saturated rings. The average Bonchev–Trinajstić information content (AvgIpc) is 2.73. The van der Waals surface area contributed by atoms with Gasteiger partial charge < -0.3 is 10.5 Å². The van der Waals surface area contributed by atoms with E-state index >= 15 is 0 Å². The number of nitrogens with two attached hydrogens (primary N) is 1. The van der Waals surface area contributed by atoms with Crippen LogP contribution in [0.3, 0.4) is 0 Å². The zero-order valence-electron chi connectivity index (χ0n) is 13.7. The molecule has 1 aliphatic heterocycles. The van der Waals surface area contributed by atoms with Crippen LogP contribution in [0.15, 0.2) is 24.3 Å². The first-order chi connectivity index (χ1) is 10.2. The van der Waals surface area contributed by atoms with Crippen molar-refractivity contribution in [3.8, 4) is 5.75 Å². The zero-order valence-corrected chi connectivity index (χ0v) is 13.7. The van der Waals surface area contributed by atoms with E-state index < -0.39 is 0 Å². The minimum absolute atomic E-state index is 0.0967. The van der Waals surface area contributed by atoms with Crippen LogP contribution < -0.4 is 10.5 Å². The zero-order chi connectivity index (χ0) is 15.2. The molecule has 1 aliphatic rings. The van der Waals surface area contributed by atoms with Crippen molar-refractivity contribution in [1.29, 1.82) is 0 Å². The smallest absolute Gasteiger partial charge is 0.123 e. The molecule has 3 unspecified atom stereocenters. The maximum absolute atomic E-state index is 6.34. The fourth-order valence-electron chi connectivity index (χ4n) is 3.60. The summed E-state index contributed by atoms with van der Waals surface area (Å²) in [5, 5.41) is 0. The Hall–Kier alpha value is -1.06. The highest BCUT2D eigenvalue weighted by Crippen LogP contribution is 2.33. The van der Waals surface area contributed by atoms with Gasteiger partial charge in [0, 0.05) is 11.6 Å². The van der Waals surface area contributed by atoms with Gasteiger partial charge in [-0.05, 0) is 51.3 Å². The summed E-state index contributed by atoms with van der Waals surface area (Å²) in [7, 11) is 1.74. The summed E-state index contributed by atoms with van der Waals surface area (Å²) in [5.74, 6) is 1.83. The molecule has 1 aromatic rings. The Bertz CT molecular complexity index is 433. The van der Waals surface area contributed by atoms with Crippen molar-refractivity contribution in [3.63, 3.8) is 0 Å². The Labute approximate surface area is 129 Å². The first kappa shape index (κ1) is 16.3. The van der Waals surface area contributed by atoms with Crippen LogP contribution in [-0.4, -0.2) is 31.1 Å². The highest BCUT2D eigenvalue weighted by atomic mass is 16.5. The standard InChI is InChI=1S/C18H30N2O/c1-4-15-8-7-12-20(13-11-15)18(14(2)19)16-9-5-6-10-17(16)21-3/h5-6,9-10,14-15,18H,4,7-8,11-13,19H2,1-3H3. The van der Waals surface area contributed by atoms with Crippen LogP contribution in [-0.2, 0) is 0 Å². The van der Waals surface area contributed by atoms with E-state index in [4.69, 9.17) is 10.5 Å². The van der Waals surface area contributed by atoms with Crippen molar-refractivity contribution in [2.45, 2.75) is 51.6 Å². The molecular formula is C18H30N2O. The molecule has 0 bridgehead atoms. The number of benzene rings is 1. The maximum atomic E-state index is 6.34. The van der Waals surface area contributed by atoms with Crippen molar-refractivity contribution < 1.29 is 4.74 Å². The van der Waals surface area contributed by atoms with Gasteiger partial charge >= 0.3 is 0 Å². The van der Waals surface area contributed by atoms with Gasteiger partial charge in [0.25, 0.3) is 0 Å². The van der Waals surface area contributed by atoms with Gasteiger partial charge in [-0.1, -0.05) is 31.5 Å². The van der Waals surface area contributed by atoms with Crippen molar-refractivity contribution >= 4 is 0 Å². The minimum Gasteiger partial charge on any atom is -0.496 e. The molecule has 3 atom stereocenters. The molecule has 2 rings (SSSR count). The van der Waals surface area contributed by atoms with E-state index in [9.17, 15) is 0 Å². The average molecular weight is 290 g/mol. The third kappa shape index (κ3) is 3.98. The molecule has 3 heteroatoms. The Kier molecular flexibility index (Phi) is 6.07. The second kappa shape index (κ2) is 7.81. The topological polar surface area (TPSA) is 38.5 Å². The summed E-state index contributed by atoms with van der Waals surface area (Å²) in [6.45, 7) is 6.70. The molecule has 1 saturated heterocycles. The Morgan fingerprint density at radius 3 is 2.71 bits per heavy atom. The Morgan fingerprint density at radius 1 is 1.29 bits per heavy atom. The lowest BCUT2D eigenvalue weighted by atomic mass is 9.97. The second-order valence-electron chi connectivity index (χ2n) is 6.29. The van der Waals surface area contributed by atoms with E-state index in [0.29, 0.717) is 0 Å². The third-order valence-electron chi connectivity index (χ3n) is 4.81. The molecule has 1 heterocycles. The molecule has 3 nitrogen and oxygen atoms in total. The lowest BCUT2D eigenvalue weighted by Crippen LogP contribution is -2.40. The summed E-state index contributed by atoms with van der Waals surface area (Å²) in [5.41, 5.74) is 7.57. The number of hydrogen-bond acceptors (Lipinski definition) is 3. The summed E-state index contributed by atoms with van der Waals surface area (Å²) in [6.07, 6.45) is 5.21. The van der Waals surface area contributed by atoms with E-state index in [2.05, 4.69) is 30.9 Å². The van der Waals surface area contributed by atoms with Crippen molar-refractivity contribution in [2.24, 2.45) is 11.7 Å². The van der Waals surface area contributed by atoms with Crippen LogP contribution in [0.4, 0.5) is 0 Å². The predicted molar refractivity (Wildman–Crippen MR) is 88.6 cm³/mol. The van der Waals surface area contributed by atoms with Gasteiger partial charge in [-0.2, -0.15) is 0 Å². The highest BCUT2D eigenvalue weighted by molar-refractivity contribution is 5.36. The van der Waals surface area contributed by atoms with Crippen LogP contribution in [0.5, 0.6) is 5.75 Å².